The van der Waals surface area contributed by atoms with Crippen molar-refractivity contribution >= 4 is 28.3 Å². The Morgan fingerprint density at radius 2 is 2.04 bits per heavy atom. The first-order valence-electron chi connectivity index (χ1n) is 7.76. The summed E-state index contributed by atoms with van der Waals surface area (Å²) >= 11 is 0. The molecule has 1 aliphatic heterocycles. The second kappa shape index (κ2) is 5.16. The van der Waals surface area contributed by atoms with Crippen molar-refractivity contribution < 1.29 is 9.21 Å². The summed E-state index contributed by atoms with van der Waals surface area (Å²) in [6.45, 7) is 3.03. The lowest BCUT2D eigenvalue weighted by Gasteiger charge is -2.12. The summed E-state index contributed by atoms with van der Waals surface area (Å²) in [6, 6.07) is 13.7. The molecule has 4 nitrogen and oxygen atoms in total. The fourth-order valence-electron chi connectivity index (χ4n) is 3.09. The zero-order valence-electron chi connectivity index (χ0n) is 13.2. The summed E-state index contributed by atoms with van der Waals surface area (Å²) in [6.07, 6.45) is 1.01. The Balaban J connectivity index is 1.59. The number of anilines is 2. The van der Waals surface area contributed by atoms with Crippen LogP contribution < -0.4 is 10.2 Å². The van der Waals surface area contributed by atoms with Gasteiger partial charge in [-0.3, -0.25) is 4.79 Å². The Hall–Kier alpha value is -2.75. The molecule has 116 valence electrons. The Kier molecular flexibility index (Phi) is 3.11. The van der Waals surface area contributed by atoms with Crippen LogP contribution in [0.2, 0.25) is 0 Å². The highest BCUT2D eigenvalue weighted by Gasteiger charge is 2.17. The smallest absolute Gasteiger partial charge is 0.291 e. The maximum atomic E-state index is 12.4. The Morgan fingerprint density at radius 1 is 1.17 bits per heavy atom. The number of fused-ring (bicyclic) bond motifs is 2. The maximum absolute atomic E-state index is 12.4. The average Bonchev–Trinajstić information content (AvgIpc) is 3.11. The molecule has 0 atom stereocenters. The van der Waals surface area contributed by atoms with Gasteiger partial charge in [0.25, 0.3) is 5.91 Å². The van der Waals surface area contributed by atoms with Crippen LogP contribution >= 0.6 is 0 Å². The molecule has 1 aromatic heterocycles. The van der Waals surface area contributed by atoms with Crippen LogP contribution in [0.5, 0.6) is 0 Å². The normalized spacial score (nSPS) is 13.4. The van der Waals surface area contributed by atoms with E-state index in [9.17, 15) is 4.79 Å². The Morgan fingerprint density at radius 3 is 2.91 bits per heavy atom. The summed E-state index contributed by atoms with van der Waals surface area (Å²) in [5.41, 5.74) is 5.17. The van der Waals surface area contributed by atoms with Crippen molar-refractivity contribution in [2.24, 2.45) is 0 Å². The number of hydrogen-bond donors (Lipinski definition) is 1. The van der Waals surface area contributed by atoms with Crippen LogP contribution in [0.25, 0.3) is 11.0 Å². The van der Waals surface area contributed by atoms with Crippen molar-refractivity contribution in [1.29, 1.82) is 0 Å². The van der Waals surface area contributed by atoms with Gasteiger partial charge in [-0.25, -0.2) is 0 Å². The molecule has 1 aliphatic rings. The Labute approximate surface area is 134 Å². The van der Waals surface area contributed by atoms with E-state index in [1.807, 2.05) is 37.3 Å². The highest BCUT2D eigenvalue weighted by molar-refractivity contribution is 6.04. The van der Waals surface area contributed by atoms with E-state index >= 15 is 0 Å². The summed E-state index contributed by atoms with van der Waals surface area (Å²) in [4.78, 5) is 14.6. The third kappa shape index (κ3) is 2.46. The first-order chi connectivity index (χ1) is 11.1. The molecule has 0 aliphatic carbocycles. The van der Waals surface area contributed by atoms with Crippen molar-refractivity contribution in [3.63, 3.8) is 0 Å². The highest BCUT2D eigenvalue weighted by atomic mass is 16.3. The minimum absolute atomic E-state index is 0.217. The molecule has 0 saturated carbocycles. The van der Waals surface area contributed by atoms with Crippen LogP contribution in [0.15, 0.2) is 46.9 Å². The van der Waals surface area contributed by atoms with Gasteiger partial charge < -0.3 is 14.6 Å². The second-order valence-corrected chi connectivity index (χ2v) is 6.12. The van der Waals surface area contributed by atoms with Crippen LogP contribution in [0.3, 0.4) is 0 Å². The summed E-state index contributed by atoms with van der Waals surface area (Å²) in [5, 5.41) is 3.87. The van der Waals surface area contributed by atoms with E-state index in [2.05, 4.69) is 23.3 Å². The number of benzene rings is 2. The van der Waals surface area contributed by atoms with Crippen LogP contribution in [0.1, 0.15) is 21.7 Å². The lowest BCUT2D eigenvalue weighted by atomic mass is 10.1. The SMILES string of the molecule is Cc1ccc2cc(C(=O)Nc3ccc4c(c3)CCN4C)oc2c1. The molecule has 2 heterocycles. The maximum Gasteiger partial charge on any atom is 0.291 e. The van der Waals surface area contributed by atoms with Crippen LogP contribution in [0.4, 0.5) is 11.4 Å². The molecule has 4 heteroatoms. The van der Waals surface area contributed by atoms with Crippen LogP contribution in [0, 0.1) is 6.92 Å². The van der Waals surface area contributed by atoms with Gasteiger partial charge >= 0.3 is 0 Å². The van der Waals surface area contributed by atoms with Crippen LogP contribution in [-0.4, -0.2) is 19.5 Å². The summed E-state index contributed by atoms with van der Waals surface area (Å²) in [7, 11) is 2.08. The minimum Gasteiger partial charge on any atom is -0.451 e. The number of amides is 1. The van der Waals surface area contributed by atoms with Gasteiger partial charge in [-0.2, -0.15) is 0 Å². The van der Waals surface area contributed by atoms with Gasteiger partial charge in [-0.15, -0.1) is 0 Å². The van der Waals surface area contributed by atoms with Crippen LogP contribution in [-0.2, 0) is 6.42 Å². The molecule has 1 N–H and O–H groups in total. The molecule has 0 unspecified atom stereocenters. The summed E-state index contributed by atoms with van der Waals surface area (Å²) in [5.74, 6) is 0.119. The molecule has 3 aromatic rings. The monoisotopic (exact) mass is 306 g/mol. The van der Waals surface area contributed by atoms with Gasteiger partial charge in [0.2, 0.25) is 0 Å². The van der Waals surface area contributed by atoms with E-state index < -0.39 is 0 Å². The molecular weight excluding hydrogens is 288 g/mol. The predicted octanol–water partition coefficient (Wildman–Crippen LogP) is 3.99. The Bertz CT molecular complexity index is 911. The van der Waals surface area contributed by atoms with E-state index in [0.717, 1.165) is 35.2 Å². The van der Waals surface area contributed by atoms with Gasteiger partial charge in [0.05, 0.1) is 0 Å². The van der Waals surface area contributed by atoms with Gasteiger partial charge in [0.15, 0.2) is 5.76 Å². The van der Waals surface area contributed by atoms with E-state index in [0.29, 0.717) is 5.76 Å². The first kappa shape index (κ1) is 13.9. The molecule has 0 fully saturated rings. The number of furan rings is 1. The number of rotatable bonds is 2. The van der Waals surface area contributed by atoms with E-state index in [-0.39, 0.29) is 5.91 Å². The average molecular weight is 306 g/mol. The fraction of sp³-hybridized carbons (Fsp3) is 0.211. The molecule has 0 spiro atoms. The number of nitrogens with one attached hydrogen (secondary N) is 1. The molecular formula is C19H18N2O2. The molecule has 0 bridgehead atoms. The quantitative estimate of drug-likeness (QED) is 0.779. The number of hydrogen-bond acceptors (Lipinski definition) is 3. The second-order valence-electron chi connectivity index (χ2n) is 6.12. The lowest BCUT2D eigenvalue weighted by Crippen LogP contribution is -2.12. The van der Waals surface area contributed by atoms with Crippen molar-refractivity contribution in [1.82, 2.24) is 0 Å². The zero-order valence-corrected chi connectivity index (χ0v) is 13.2. The third-order valence-corrected chi connectivity index (χ3v) is 4.36. The van der Waals surface area contributed by atoms with Gasteiger partial charge in [0, 0.05) is 30.4 Å². The molecule has 1 amide bonds. The van der Waals surface area contributed by atoms with Gasteiger partial charge in [-0.05, 0) is 54.8 Å². The standard InChI is InChI=1S/C19H18N2O2/c1-12-3-4-14-11-18(23-17(14)9-12)19(22)20-15-5-6-16-13(10-15)7-8-21(16)2/h3-6,9-11H,7-8H2,1-2H3,(H,20,22). The first-order valence-corrected chi connectivity index (χ1v) is 7.76. The van der Waals surface area contributed by atoms with Crippen molar-refractivity contribution in [2.75, 3.05) is 23.8 Å². The molecule has 0 radical (unpaired) electrons. The minimum atomic E-state index is -0.217. The predicted molar refractivity (Wildman–Crippen MR) is 92.3 cm³/mol. The van der Waals surface area contributed by atoms with Crippen molar-refractivity contribution in [3.8, 4) is 0 Å². The summed E-state index contributed by atoms with van der Waals surface area (Å²) < 4.78 is 5.67. The lowest BCUT2D eigenvalue weighted by molar-refractivity contribution is 0.0998. The van der Waals surface area contributed by atoms with E-state index in [1.54, 1.807) is 6.07 Å². The zero-order chi connectivity index (χ0) is 16.0. The van der Waals surface area contributed by atoms with Gasteiger partial charge in [-0.1, -0.05) is 12.1 Å². The molecule has 4 rings (SSSR count). The fourth-order valence-corrected chi connectivity index (χ4v) is 3.09. The van der Waals surface area contributed by atoms with Crippen molar-refractivity contribution in [3.05, 3.63) is 59.4 Å². The van der Waals surface area contributed by atoms with Crippen molar-refractivity contribution in [2.45, 2.75) is 13.3 Å². The number of likely N-dealkylation sites (N-methyl/N-ethyl adjacent to an activating group) is 1. The highest BCUT2D eigenvalue weighted by Crippen LogP contribution is 2.29. The number of carbonyl (C=O) groups is 1. The van der Waals surface area contributed by atoms with E-state index in [1.165, 1.54) is 11.3 Å². The largest absolute Gasteiger partial charge is 0.451 e. The number of carbonyl (C=O) groups excluding carboxylic acids is 1. The van der Waals surface area contributed by atoms with E-state index in [4.69, 9.17) is 4.42 Å². The molecule has 2 aromatic carbocycles. The topological polar surface area (TPSA) is 45.5 Å². The number of aryl methyl sites for hydroxylation is 1. The molecule has 0 saturated heterocycles. The third-order valence-electron chi connectivity index (χ3n) is 4.36. The number of nitrogens with zero attached hydrogens (tertiary/aromatic N) is 1. The van der Waals surface area contributed by atoms with Gasteiger partial charge in [0.1, 0.15) is 5.58 Å². The molecule has 23 heavy (non-hydrogen) atoms.